The number of nitrogens with zero attached hydrogens (tertiary/aromatic N) is 2. The van der Waals surface area contributed by atoms with Crippen molar-refractivity contribution in [2.75, 3.05) is 32.9 Å². The highest BCUT2D eigenvalue weighted by atomic mass is 32.2. The second-order valence-electron chi connectivity index (χ2n) is 5.94. The molecule has 1 aromatic carbocycles. The van der Waals surface area contributed by atoms with Gasteiger partial charge in [0.05, 0.1) is 5.75 Å². The fraction of sp³-hybridized carbons (Fsp3) is 0.529. The molecule has 120 valence electrons. The van der Waals surface area contributed by atoms with Gasteiger partial charge in [0.1, 0.15) is 0 Å². The zero-order valence-corrected chi connectivity index (χ0v) is 14.4. The third-order valence-electron chi connectivity index (χ3n) is 4.08. The van der Waals surface area contributed by atoms with Crippen molar-refractivity contribution in [3.63, 3.8) is 0 Å². The molecule has 5 heteroatoms. The maximum absolute atomic E-state index is 12.3. The molecule has 0 spiro atoms. The van der Waals surface area contributed by atoms with Crippen LogP contribution >= 0.6 is 11.8 Å². The minimum atomic E-state index is 0.0723. The van der Waals surface area contributed by atoms with Gasteiger partial charge in [-0.05, 0) is 31.4 Å². The van der Waals surface area contributed by atoms with Gasteiger partial charge in [-0.3, -0.25) is 9.59 Å². The lowest BCUT2D eigenvalue weighted by Gasteiger charge is -2.32. The molecule has 0 bridgehead atoms. The molecule has 0 aromatic heterocycles. The van der Waals surface area contributed by atoms with Crippen LogP contribution in [0.15, 0.2) is 29.2 Å². The molecule has 0 aliphatic carbocycles. The highest BCUT2D eigenvalue weighted by molar-refractivity contribution is 8.00. The van der Waals surface area contributed by atoms with Gasteiger partial charge >= 0.3 is 0 Å². The summed E-state index contributed by atoms with van der Waals surface area (Å²) in [6.07, 6.45) is 1.55. The van der Waals surface area contributed by atoms with Crippen molar-refractivity contribution in [2.45, 2.75) is 24.7 Å². The molecule has 1 aliphatic rings. The van der Waals surface area contributed by atoms with Crippen LogP contribution in [-0.2, 0) is 9.59 Å². The molecule has 1 fully saturated rings. The first-order valence-electron chi connectivity index (χ1n) is 7.66. The van der Waals surface area contributed by atoms with Crippen molar-refractivity contribution < 1.29 is 9.59 Å². The Bertz CT molecular complexity index is 537. The van der Waals surface area contributed by atoms with Gasteiger partial charge in [0, 0.05) is 38.0 Å². The van der Waals surface area contributed by atoms with E-state index in [-0.39, 0.29) is 17.7 Å². The highest BCUT2D eigenvalue weighted by Crippen LogP contribution is 2.24. The van der Waals surface area contributed by atoms with E-state index >= 15 is 0 Å². The predicted octanol–water partition coefficient (Wildman–Crippen LogP) is 2.41. The molecule has 0 N–H and O–H groups in total. The summed E-state index contributed by atoms with van der Waals surface area (Å²) >= 11 is 1.59. The first-order chi connectivity index (χ1) is 10.5. The average molecular weight is 320 g/mol. The Kier molecular flexibility index (Phi) is 5.89. The number of carbonyl (C=O) groups excluding carboxylic acids is 2. The van der Waals surface area contributed by atoms with Crippen LogP contribution < -0.4 is 0 Å². The van der Waals surface area contributed by atoms with Crippen molar-refractivity contribution in [2.24, 2.45) is 5.92 Å². The summed E-state index contributed by atoms with van der Waals surface area (Å²) < 4.78 is 0. The van der Waals surface area contributed by atoms with Gasteiger partial charge in [0.25, 0.3) is 0 Å². The fourth-order valence-electron chi connectivity index (χ4n) is 2.69. The molecule has 22 heavy (non-hydrogen) atoms. The number of aryl methyl sites for hydroxylation is 1. The molecular formula is C17H24N2O2S. The zero-order valence-electron chi connectivity index (χ0n) is 13.5. The van der Waals surface area contributed by atoms with Crippen molar-refractivity contribution in [3.05, 3.63) is 29.8 Å². The monoisotopic (exact) mass is 320 g/mol. The fourth-order valence-corrected chi connectivity index (χ4v) is 3.62. The molecular weight excluding hydrogens is 296 g/mol. The zero-order chi connectivity index (χ0) is 16.1. The number of amides is 2. The number of carbonyl (C=O) groups is 2. The lowest BCUT2D eigenvalue weighted by Crippen LogP contribution is -2.43. The van der Waals surface area contributed by atoms with Gasteiger partial charge in [-0.25, -0.2) is 0 Å². The van der Waals surface area contributed by atoms with Crippen LogP contribution in [0.3, 0.4) is 0 Å². The minimum Gasteiger partial charge on any atom is -0.349 e. The standard InChI is InChI=1S/C17H24N2O2S/c1-13-6-4-5-7-15(13)22-12-16(20)19-10-8-14(9-11-19)17(21)18(2)3/h4-7,14H,8-12H2,1-3H3. The van der Waals surface area contributed by atoms with Crippen LogP contribution in [0.25, 0.3) is 0 Å². The maximum atomic E-state index is 12.3. The Morgan fingerprint density at radius 2 is 1.86 bits per heavy atom. The molecule has 2 amide bonds. The molecule has 1 heterocycles. The molecule has 0 radical (unpaired) electrons. The van der Waals surface area contributed by atoms with Crippen molar-refractivity contribution in [1.29, 1.82) is 0 Å². The summed E-state index contributed by atoms with van der Waals surface area (Å²) in [5.41, 5.74) is 1.20. The summed E-state index contributed by atoms with van der Waals surface area (Å²) in [6.45, 7) is 3.44. The number of likely N-dealkylation sites (tertiary alicyclic amines) is 1. The van der Waals surface area contributed by atoms with Crippen LogP contribution in [0.2, 0.25) is 0 Å². The van der Waals surface area contributed by atoms with E-state index in [0.717, 1.165) is 17.7 Å². The Hall–Kier alpha value is -1.49. The van der Waals surface area contributed by atoms with Gasteiger partial charge in [-0.1, -0.05) is 18.2 Å². The smallest absolute Gasteiger partial charge is 0.232 e. The number of thioether (sulfide) groups is 1. The van der Waals surface area contributed by atoms with Crippen LogP contribution in [0.5, 0.6) is 0 Å². The normalized spacial score (nSPS) is 15.7. The maximum Gasteiger partial charge on any atom is 0.232 e. The molecule has 1 aromatic rings. The van der Waals surface area contributed by atoms with Crippen LogP contribution in [-0.4, -0.2) is 54.6 Å². The van der Waals surface area contributed by atoms with Gasteiger partial charge in [0.2, 0.25) is 11.8 Å². The van der Waals surface area contributed by atoms with Crippen molar-refractivity contribution in [1.82, 2.24) is 9.80 Å². The summed E-state index contributed by atoms with van der Waals surface area (Å²) in [7, 11) is 3.58. The summed E-state index contributed by atoms with van der Waals surface area (Å²) in [5.74, 6) is 0.894. The quantitative estimate of drug-likeness (QED) is 0.800. The molecule has 0 unspecified atom stereocenters. The molecule has 0 saturated carbocycles. The molecule has 1 aliphatic heterocycles. The van der Waals surface area contributed by atoms with Crippen LogP contribution in [0, 0.1) is 12.8 Å². The number of hydrogen-bond donors (Lipinski definition) is 0. The second kappa shape index (κ2) is 7.68. The molecule has 0 atom stereocenters. The minimum absolute atomic E-state index is 0.0723. The molecule has 1 saturated heterocycles. The Morgan fingerprint density at radius 3 is 2.45 bits per heavy atom. The second-order valence-corrected chi connectivity index (χ2v) is 6.96. The number of rotatable bonds is 4. The Labute approximate surface area is 136 Å². The van der Waals surface area contributed by atoms with E-state index in [0.29, 0.717) is 18.8 Å². The van der Waals surface area contributed by atoms with E-state index in [1.54, 1.807) is 30.8 Å². The lowest BCUT2D eigenvalue weighted by molar-refractivity contribution is -0.138. The number of hydrogen-bond acceptors (Lipinski definition) is 3. The third-order valence-corrected chi connectivity index (χ3v) is 5.24. The first kappa shape index (κ1) is 16.9. The van der Waals surface area contributed by atoms with Crippen LogP contribution in [0.1, 0.15) is 18.4 Å². The van der Waals surface area contributed by atoms with Crippen molar-refractivity contribution >= 4 is 23.6 Å². The van der Waals surface area contributed by atoms with E-state index in [2.05, 4.69) is 19.1 Å². The number of benzene rings is 1. The average Bonchev–Trinajstić information content (AvgIpc) is 2.53. The highest BCUT2D eigenvalue weighted by Gasteiger charge is 2.28. The van der Waals surface area contributed by atoms with E-state index in [1.807, 2.05) is 17.0 Å². The van der Waals surface area contributed by atoms with E-state index in [9.17, 15) is 9.59 Å². The third kappa shape index (κ3) is 4.26. The number of piperidine rings is 1. The van der Waals surface area contributed by atoms with Gasteiger partial charge in [-0.15, -0.1) is 11.8 Å². The SMILES string of the molecule is Cc1ccccc1SCC(=O)N1CCC(C(=O)N(C)C)CC1. The largest absolute Gasteiger partial charge is 0.349 e. The van der Waals surface area contributed by atoms with Crippen molar-refractivity contribution in [3.8, 4) is 0 Å². The summed E-state index contributed by atoms with van der Waals surface area (Å²) in [6, 6.07) is 8.12. The lowest BCUT2D eigenvalue weighted by atomic mass is 9.95. The Balaban J connectivity index is 1.80. The summed E-state index contributed by atoms with van der Waals surface area (Å²) in [5, 5.41) is 0. The molecule has 4 nitrogen and oxygen atoms in total. The van der Waals surface area contributed by atoms with E-state index in [1.165, 1.54) is 5.56 Å². The molecule has 2 rings (SSSR count). The summed E-state index contributed by atoms with van der Waals surface area (Å²) in [4.78, 5) is 28.9. The topological polar surface area (TPSA) is 40.6 Å². The van der Waals surface area contributed by atoms with Crippen LogP contribution in [0.4, 0.5) is 0 Å². The van der Waals surface area contributed by atoms with E-state index < -0.39 is 0 Å². The first-order valence-corrected chi connectivity index (χ1v) is 8.65. The van der Waals surface area contributed by atoms with Gasteiger partial charge in [-0.2, -0.15) is 0 Å². The van der Waals surface area contributed by atoms with Gasteiger partial charge in [0.15, 0.2) is 0 Å². The van der Waals surface area contributed by atoms with E-state index in [4.69, 9.17) is 0 Å². The Morgan fingerprint density at radius 1 is 1.23 bits per heavy atom. The van der Waals surface area contributed by atoms with Gasteiger partial charge < -0.3 is 9.80 Å². The predicted molar refractivity (Wildman–Crippen MR) is 89.9 cm³/mol.